The van der Waals surface area contributed by atoms with Crippen LogP contribution in [0.25, 0.3) is 0 Å². The lowest BCUT2D eigenvalue weighted by molar-refractivity contribution is -0.128. The molecule has 2 aromatic carbocycles. The molecule has 0 aliphatic carbocycles. The van der Waals surface area contributed by atoms with Crippen molar-refractivity contribution >= 4 is 5.91 Å². The van der Waals surface area contributed by atoms with Crippen LogP contribution < -0.4 is 10.1 Å². The van der Waals surface area contributed by atoms with Crippen molar-refractivity contribution in [2.75, 3.05) is 6.54 Å². The van der Waals surface area contributed by atoms with Crippen LogP contribution in [0.2, 0.25) is 0 Å². The van der Waals surface area contributed by atoms with Crippen molar-refractivity contribution in [1.29, 1.82) is 0 Å². The summed E-state index contributed by atoms with van der Waals surface area (Å²) in [7, 11) is 0. The molecule has 0 saturated heterocycles. The molecule has 1 atom stereocenters. The maximum atomic E-state index is 12.2. The topological polar surface area (TPSA) is 38.3 Å². The highest BCUT2D eigenvalue weighted by molar-refractivity contribution is 5.81. The molecule has 1 N–H and O–H groups in total. The summed E-state index contributed by atoms with van der Waals surface area (Å²) in [5, 5.41) is 2.97. The summed E-state index contributed by atoms with van der Waals surface area (Å²) in [5.41, 5.74) is 2.57. The first kappa shape index (κ1) is 17.1. The van der Waals surface area contributed by atoms with Crippen LogP contribution in [-0.4, -0.2) is 18.6 Å². The predicted octanol–water partition coefficient (Wildman–Crippen LogP) is 3.90. The maximum absolute atomic E-state index is 12.2. The number of hydrogen-bond donors (Lipinski definition) is 1. The molecule has 0 spiro atoms. The van der Waals surface area contributed by atoms with Gasteiger partial charge in [-0.25, -0.2) is 0 Å². The van der Waals surface area contributed by atoms with Crippen molar-refractivity contribution in [1.82, 2.24) is 5.32 Å². The highest BCUT2D eigenvalue weighted by Gasteiger charge is 2.17. The number of ether oxygens (including phenoxy) is 1. The third-order valence-corrected chi connectivity index (χ3v) is 3.75. The molecule has 0 heterocycles. The summed E-state index contributed by atoms with van der Waals surface area (Å²) in [6, 6.07) is 18.0. The minimum Gasteiger partial charge on any atom is -0.481 e. The Kier molecular flexibility index (Phi) is 6.67. The number of aryl methyl sites for hydroxylation is 2. The fourth-order valence-electron chi connectivity index (χ4n) is 2.36. The number of nitrogens with one attached hydrogen (secondary N) is 1. The summed E-state index contributed by atoms with van der Waals surface area (Å²) in [5.74, 6) is 0.689. The summed E-state index contributed by atoms with van der Waals surface area (Å²) >= 11 is 0. The van der Waals surface area contributed by atoms with Crippen molar-refractivity contribution in [2.45, 2.75) is 39.2 Å². The van der Waals surface area contributed by atoms with Crippen LogP contribution in [0.5, 0.6) is 5.75 Å². The number of para-hydroxylation sites is 1. The van der Waals surface area contributed by atoms with E-state index in [-0.39, 0.29) is 5.91 Å². The van der Waals surface area contributed by atoms with Gasteiger partial charge in [0.2, 0.25) is 0 Å². The first-order valence-electron chi connectivity index (χ1n) is 8.24. The zero-order valence-corrected chi connectivity index (χ0v) is 13.9. The summed E-state index contributed by atoms with van der Waals surface area (Å²) < 4.78 is 5.74. The molecule has 0 fully saturated rings. The molecule has 3 heteroatoms. The van der Waals surface area contributed by atoms with E-state index < -0.39 is 6.10 Å². The zero-order chi connectivity index (χ0) is 16.5. The Morgan fingerprint density at radius 3 is 2.43 bits per heavy atom. The highest BCUT2D eigenvalue weighted by atomic mass is 16.5. The van der Waals surface area contributed by atoms with Crippen LogP contribution in [0, 0.1) is 6.92 Å². The number of amides is 1. The first-order valence-corrected chi connectivity index (χ1v) is 8.24. The largest absolute Gasteiger partial charge is 0.481 e. The van der Waals surface area contributed by atoms with Crippen LogP contribution in [0.4, 0.5) is 0 Å². The molecule has 0 aromatic heterocycles. The molecule has 122 valence electrons. The van der Waals surface area contributed by atoms with E-state index in [9.17, 15) is 4.79 Å². The molecule has 0 aliphatic rings. The van der Waals surface area contributed by atoms with E-state index in [2.05, 4.69) is 36.5 Å². The fourth-order valence-corrected chi connectivity index (χ4v) is 2.36. The normalized spacial score (nSPS) is 11.7. The third kappa shape index (κ3) is 5.78. The molecule has 0 radical (unpaired) electrons. The third-order valence-electron chi connectivity index (χ3n) is 3.75. The smallest absolute Gasteiger partial charge is 0.261 e. The lowest BCUT2D eigenvalue weighted by Crippen LogP contribution is -2.38. The van der Waals surface area contributed by atoms with Crippen molar-refractivity contribution in [3.05, 3.63) is 65.7 Å². The van der Waals surface area contributed by atoms with Crippen LogP contribution in [-0.2, 0) is 11.2 Å². The molecule has 3 nitrogen and oxygen atoms in total. The lowest BCUT2D eigenvalue weighted by Gasteiger charge is -2.17. The standard InChI is InChI=1S/C20H25NO2/c1-3-19(23-18-9-5-4-6-10-18)20(22)21-15-7-8-17-13-11-16(2)12-14-17/h4-6,9-14,19H,3,7-8,15H2,1-2H3,(H,21,22). The van der Waals surface area contributed by atoms with Gasteiger partial charge in [-0.15, -0.1) is 0 Å². The number of carbonyl (C=O) groups is 1. The number of benzene rings is 2. The Hall–Kier alpha value is -2.29. The highest BCUT2D eigenvalue weighted by Crippen LogP contribution is 2.12. The average Bonchev–Trinajstić information content (AvgIpc) is 2.59. The molecule has 1 amide bonds. The van der Waals surface area contributed by atoms with Crippen molar-refractivity contribution in [3.63, 3.8) is 0 Å². The Labute approximate surface area is 138 Å². The minimum atomic E-state index is -0.434. The van der Waals surface area contributed by atoms with Gasteiger partial charge >= 0.3 is 0 Å². The molecule has 23 heavy (non-hydrogen) atoms. The van der Waals surface area contributed by atoms with Gasteiger partial charge in [-0.3, -0.25) is 4.79 Å². The van der Waals surface area contributed by atoms with Gasteiger partial charge in [0.15, 0.2) is 6.10 Å². The van der Waals surface area contributed by atoms with Gasteiger partial charge in [-0.05, 0) is 43.9 Å². The van der Waals surface area contributed by atoms with Crippen LogP contribution in [0.1, 0.15) is 30.9 Å². The van der Waals surface area contributed by atoms with Gasteiger partial charge in [0.1, 0.15) is 5.75 Å². The van der Waals surface area contributed by atoms with Crippen molar-refractivity contribution < 1.29 is 9.53 Å². The van der Waals surface area contributed by atoms with Crippen LogP contribution >= 0.6 is 0 Å². The van der Waals surface area contributed by atoms with Gasteiger partial charge in [0, 0.05) is 6.54 Å². The predicted molar refractivity (Wildman–Crippen MR) is 93.7 cm³/mol. The van der Waals surface area contributed by atoms with E-state index in [1.54, 1.807) is 0 Å². The molecule has 2 rings (SSSR count). The average molecular weight is 311 g/mol. The van der Waals surface area contributed by atoms with E-state index in [4.69, 9.17) is 4.74 Å². The van der Waals surface area contributed by atoms with Gasteiger partial charge in [-0.1, -0.05) is 55.0 Å². The second-order valence-electron chi connectivity index (χ2n) is 5.71. The maximum Gasteiger partial charge on any atom is 0.261 e. The number of rotatable bonds is 8. The fraction of sp³-hybridized carbons (Fsp3) is 0.350. The first-order chi connectivity index (χ1) is 11.2. The molecule has 0 bridgehead atoms. The molecule has 1 unspecified atom stereocenters. The van der Waals surface area contributed by atoms with E-state index in [1.807, 2.05) is 37.3 Å². The van der Waals surface area contributed by atoms with Crippen molar-refractivity contribution in [2.24, 2.45) is 0 Å². The van der Waals surface area contributed by atoms with Crippen LogP contribution in [0.15, 0.2) is 54.6 Å². The second-order valence-corrected chi connectivity index (χ2v) is 5.71. The molecular weight excluding hydrogens is 286 g/mol. The zero-order valence-electron chi connectivity index (χ0n) is 13.9. The monoisotopic (exact) mass is 311 g/mol. The SMILES string of the molecule is CCC(Oc1ccccc1)C(=O)NCCCc1ccc(C)cc1. The Balaban J connectivity index is 1.73. The minimum absolute atomic E-state index is 0.0414. The summed E-state index contributed by atoms with van der Waals surface area (Å²) in [4.78, 5) is 12.2. The van der Waals surface area contributed by atoms with Crippen molar-refractivity contribution in [3.8, 4) is 5.75 Å². The Morgan fingerprint density at radius 2 is 1.78 bits per heavy atom. The quantitative estimate of drug-likeness (QED) is 0.751. The van der Waals surface area contributed by atoms with E-state index in [0.29, 0.717) is 13.0 Å². The van der Waals surface area contributed by atoms with Crippen LogP contribution in [0.3, 0.4) is 0 Å². The molecule has 0 saturated carbocycles. The van der Waals surface area contributed by atoms with E-state index >= 15 is 0 Å². The Morgan fingerprint density at radius 1 is 1.09 bits per heavy atom. The number of carbonyl (C=O) groups excluding carboxylic acids is 1. The van der Waals surface area contributed by atoms with Gasteiger partial charge < -0.3 is 10.1 Å². The van der Waals surface area contributed by atoms with Gasteiger partial charge in [-0.2, -0.15) is 0 Å². The summed E-state index contributed by atoms with van der Waals surface area (Å²) in [6.45, 7) is 4.71. The molecule has 0 aliphatic heterocycles. The Bertz CT molecular complexity index is 593. The molecule has 2 aromatic rings. The van der Waals surface area contributed by atoms with Gasteiger partial charge in [0.05, 0.1) is 0 Å². The van der Waals surface area contributed by atoms with E-state index in [1.165, 1.54) is 11.1 Å². The molecular formula is C20H25NO2. The summed E-state index contributed by atoms with van der Waals surface area (Å²) in [6.07, 6.45) is 2.11. The number of hydrogen-bond acceptors (Lipinski definition) is 2. The lowest BCUT2D eigenvalue weighted by atomic mass is 10.1. The van der Waals surface area contributed by atoms with Gasteiger partial charge in [0.25, 0.3) is 5.91 Å². The van der Waals surface area contributed by atoms with E-state index in [0.717, 1.165) is 18.6 Å². The second kappa shape index (κ2) is 8.99.